The van der Waals surface area contributed by atoms with Gasteiger partial charge in [0.2, 0.25) is 5.91 Å². The summed E-state index contributed by atoms with van der Waals surface area (Å²) in [6, 6.07) is 3.98. The first kappa shape index (κ1) is 14.1. The Labute approximate surface area is 115 Å². The van der Waals surface area contributed by atoms with Gasteiger partial charge in [-0.1, -0.05) is 6.92 Å². The molecule has 0 unspecified atom stereocenters. The number of carbonyl (C=O) groups is 1. The van der Waals surface area contributed by atoms with Gasteiger partial charge in [-0.3, -0.25) is 4.79 Å². The lowest BCUT2D eigenvalue weighted by Crippen LogP contribution is -2.48. The topological polar surface area (TPSA) is 60.1 Å². The van der Waals surface area contributed by atoms with Crippen molar-refractivity contribution in [2.45, 2.75) is 39.2 Å². The van der Waals surface area contributed by atoms with Crippen LogP contribution in [0.1, 0.15) is 32.6 Å². The lowest BCUT2D eigenvalue weighted by Gasteiger charge is -2.37. The molecule has 2 rings (SSSR count). The molecule has 106 valence electrons. The molecule has 1 aromatic rings. The molecule has 1 heterocycles. The Kier molecular flexibility index (Phi) is 4.64. The minimum atomic E-state index is -0.316. The van der Waals surface area contributed by atoms with Crippen LogP contribution in [0.2, 0.25) is 0 Å². The van der Waals surface area contributed by atoms with E-state index in [0.29, 0.717) is 13.1 Å². The smallest absolute Gasteiger partial charge is 0.227 e. The summed E-state index contributed by atoms with van der Waals surface area (Å²) in [6.07, 6.45) is 8.10. The van der Waals surface area contributed by atoms with E-state index in [4.69, 9.17) is 5.73 Å². The van der Waals surface area contributed by atoms with Crippen LogP contribution in [0.3, 0.4) is 0 Å². The van der Waals surface area contributed by atoms with Crippen molar-refractivity contribution in [3.05, 3.63) is 24.5 Å². The van der Waals surface area contributed by atoms with Crippen LogP contribution in [0.25, 0.3) is 0 Å². The summed E-state index contributed by atoms with van der Waals surface area (Å²) in [5, 5.41) is 3.06. The van der Waals surface area contributed by atoms with E-state index in [1.807, 2.05) is 24.5 Å². The molecule has 1 aromatic heterocycles. The van der Waals surface area contributed by atoms with Crippen LogP contribution >= 0.6 is 0 Å². The second-order valence-electron chi connectivity index (χ2n) is 5.84. The fourth-order valence-electron chi connectivity index (χ4n) is 2.84. The van der Waals surface area contributed by atoms with Gasteiger partial charge in [0.05, 0.1) is 5.41 Å². The molecule has 4 heteroatoms. The molecule has 3 N–H and O–H groups in total. The monoisotopic (exact) mass is 263 g/mol. The van der Waals surface area contributed by atoms with Gasteiger partial charge >= 0.3 is 0 Å². The van der Waals surface area contributed by atoms with E-state index in [2.05, 4.69) is 16.8 Å². The molecule has 0 saturated heterocycles. The molecule has 0 radical (unpaired) electrons. The quantitative estimate of drug-likeness (QED) is 0.850. The van der Waals surface area contributed by atoms with Gasteiger partial charge in [-0.25, -0.2) is 0 Å². The molecule has 19 heavy (non-hydrogen) atoms. The number of hydrogen-bond acceptors (Lipinski definition) is 2. The molecule has 1 fully saturated rings. The first-order valence-electron chi connectivity index (χ1n) is 7.25. The first-order chi connectivity index (χ1) is 9.16. The molecule has 4 nitrogen and oxygen atoms in total. The predicted octanol–water partition coefficient (Wildman–Crippen LogP) is 1.76. The van der Waals surface area contributed by atoms with Crippen LogP contribution in [0.4, 0.5) is 0 Å². The number of aromatic nitrogens is 1. The minimum Gasteiger partial charge on any atom is -0.354 e. The Morgan fingerprint density at radius 2 is 2.00 bits per heavy atom. The maximum atomic E-state index is 12.4. The molecule has 0 bridgehead atoms. The summed E-state index contributed by atoms with van der Waals surface area (Å²) in [4.78, 5) is 12.4. The molecule has 1 aliphatic carbocycles. The average Bonchev–Trinajstić information content (AvgIpc) is 2.93. The van der Waals surface area contributed by atoms with E-state index in [1.54, 1.807) is 0 Å². The largest absolute Gasteiger partial charge is 0.354 e. The lowest BCUT2D eigenvalue weighted by molar-refractivity contribution is -0.132. The van der Waals surface area contributed by atoms with Gasteiger partial charge in [0, 0.05) is 32.0 Å². The van der Waals surface area contributed by atoms with Crippen LogP contribution in [0.5, 0.6) is 0 Å². The zero-order chi connectivity index (χ0) is 13.7. The molecule has 0 atom stereocenters. The second kappa shape index (κ2) is 6.24. The van der Waals surface area contributed by atoms with Crippen LogP contribution in [0.15, 0.2) is 24.5 Å². The van der Waals surface area contributed by atoms with Crippen molar-refractivity contribution >= 4 is 5.91 Å². The van der Waals surface area contributed by atoms with E-state index >= 15 is 0 Å². The van der Waals surface area contributed by atoms with E-state index in [1.165, 1.54) is 0 Å². The number of nitrogens with zero attached hydrogens (tertiary/aromatic N) is 1. The maximum absolute atomic E-state index is 12.4. The lowest BCUT2D eigenvalue weighted by atomic mass is 9.70. The van der Waals surface area contributed by atoms with Gasteiger partial charge < -0.3 is 15.6 Å². The molecule has 0 aromatic carbocycles. The highest BCUT2D eigenvalue weighted by Gasteiger charge is 2.39. The molecule has 0 aliphatic heterocycles. The van der Waals surface area contributed by atoms with Crippen LogP contribution in [-0.4, -0.2) is 23.6 Å². The first-order valence-corrected chi connectivity index (χ1v) is 7.25. The number of rotatable bonds is 5. The van der Waals surface area contributed by atoms with Gasteiger partial charge in [-0.05, 0) is 43.7 Å². The fourth-order valence-corrected chi connectivity index (χ4v) is 2.84. The van der Waals surface area contributed by atoms with Crippen LogP contribution in [-0.2, 0) is 11.3 Å². The number of amides is 1. The van der Waals surface area contributed by atoms with Crippen molar-refractivity contribution in [2.75, 3.05) is 13.1 Å². The molecule has 1 aliphatic rings. The second-order valence-corrected chi connectivity index (χ2v) is 5.84. The Bertz CT molecular complexity index is 392. The number of hydrogen-bond donors (Lipinski definition) is 2. The van der Waals surface area contributed by atoms with Crippen molar-refractivity contribution < 1.29 is 4.79 Å². The van der Waals surface area contributed by atoms with Gasteiger partial charge in [0.25, 0.3) is 0 Å². The highest BCUT2D eigenvalue weighted by molar-refractivity contribution is 5.83. The molecule has 1 saturated carbocycles. The maximum Gasteiger partial charge on any atom is 0.227 e. The van der Waals surface area contributed by atoms with E-state index in [9.17, 15) is 4.79 Å². The number of nitrogens with two attached hydrogens (primary N) is 1. The Morgan fingerprint density at radius 3 is 2.58 bits per heavy atom. The number of nitrogens with one attached hydrogen (secondary N) is 1. The highest BCUT2D eigenvalue weighted by Crippen LogP contribution is 2.38. The van der Waals surface area contributed by atoms with Crippen molar-refractivity contribution in [1.82, 2.24) is 9.88 Å². The number of carbonyl (C=O) groups excluding carboxylic acids is 1. The summed E-state index contributed by atoms with van der Waals surface area (Å²) in [6.45, 7) is 4.21. The normalized spacial score (nSPS) is 27.2. The zero-order valence-electron chi connectivity index (χ0n) is 11.8. The molecular weight excluding hydrogens is 238 g/mol. The van der Waals surface area contributed by atoms with Gasteiger partial charge in [-0.2, -0.15) is 0 Å². The van der Waals surface area contributed by atoms with Gasteiger partial charge in [0.1, 0.15) is 0 Å². The predicted molar refractivity (Wildman–Crippen MR) is 76.6 cm³/mol. The van der Waals surface area contributed by atoms with Crippen molar-refractivity contribution in [3.8, 4) is 0 Å². The van der Waals surface area contributed by atoms with Crippen LogP contribution in [0, 0.1) is 11.3 Å². The standard InChI is InChI=1S/C15H25N3O/c1-13-4-6-15(12-16,7-5-13)14(19)17-8-11-18-9-2-3-10-18/h2-3,9-10,13H,4-8,11-12,16H2,1H3,(H,17,19). The molecular formula is C15H25N3O. The zero-order valence-corrected chi connectivity index (χ0v) is 11.8. The van der Waals surface area contributed by atoms with E-state index in [0.717, 1.165) is 38.1 Å². The summed E-state index contributed by atoms with van der Waals surface area (Å²) >= 11 is 0. The van der Waals surface area contributed by atoms with Crippen molar-refractivity contribution in [3.63, 3.8) is 0 Å². The van der Waals surface area contributed by atoms with Crippen molar-refractivity contribution in [1.29, 1.82) is 0 Å². The molecule has 0 spiro atoms. The van der Waals surface area contributed by atoms with Crippen LogP contribution < -0.4 is 11.1 Å². The van der Waals surface area contributed by atoms with Gasteiger partial charge in [-0.15, -0.1) is 0 Å². The highest BCUT2D eigenvalue weighted by atomic mass is 16.2. The SMILES string of the molecule is CC1CCC(CN)(C(=O)NCCn2cccc2)CC1. The summed E-state index contributed by atoms with van der Waals surface area (Å²) in [5.41, 5.74) is 5.57. The molecule has 1 amide bonds. The average molecular weight is 263 g/mol. The van der Waals surface area contributed by atoms with Gasteiger partial charge in [0.15, 0.2) is 0 Å². The minimum absolute atomic E-state index is 0.147. The Morgan fingerprint density at radius 1 is 1.37 bits per heavy atom. The van der Waals surface area contributed by atoms with E-state index in [-0.39, 0.29) is 11.3 Å². The summed E-state index contributed by atoms with van der Waals surface area (Å²) in [5.74, 6) is 0.876. The summed E-state index contributed by atoms with van der Waals surface area (Å²) < 4.78 is 2.07. The Hall–Kier alpha value is -1.29. The fraction of sp³-hybridized carbons (Fsp3) is 0.667. The third-order valence-electron chi connectivity index (χ3n) is 4.43. The third kappa shape index (κ3) is 3.38. The third-order valence-corrected chi connectivity index (χ3v) is 4.43. The van der Waals surface area contributed by atoms with E-state index < -0.39 is 0 Å². The van der Waals surface area contributed by atoms with Crippen molar-refractivity contribution in [2.24, 2.45) is 17.1 Å². The summed E-state index contributed by atoms with van der Waals surface area (Å²) in [7, 11) is 0. The Balaban J connectivity index is 1.83.